The Hall–Kier alpha value is -0.770. The van der Waals surface area contributed by atoms with Gasteiger partial charge in [-0.3, -0.25) is 0 Å². The van der Waals surface area contributed by atoms with Crippen molar-refractivity contribution in [3.63, 3.8) is 0 Å². The SMILES string of the molecule is CC1NCCC12CCN(C(N)=O)CC2. The highest BCUT2D eigenvalue weighted by atomic mass is 16.2. The maximum absolute atomic E-state index is 11.0. The van der Waals surface area contributed by atoms with E-state index in [1.54, 1.807) is 4.90 Å². The molecule has 3 N–H and O–H groups in total. The molecular formula is C10H19N3O. The second-order valence-corrected chi connectivity index (χ2v) is 4.61. The molecule has 1 atom stereocenters. The van der Waals surface area contributed by atoms with E-state index >= 15 is 0 Å². The predicted molar refractivity (Wildman–Crippen MR) is 54.9 cm³/mol. The summed E-state index contributed by atoms with van der Waals surface area (Å²) in [6.45, 7) is 5.05. The summed E-state index contributed by atoms with van der Waals surface area (Å²) in [6, 6.07) is 0.330. The quantitative estimate of drug-likeness (QED) is 0.595. The predicted octanol–water partition coefficient (Wildman–Crippen LogP) is 0.529. The molecule has 2 aliphatic heterocycles. The molecule has 0 aliphatic carbocycles. The van der Waals surface area contributed by atoms with Crippen LogP contribution in [0.1, 0.15) is 26.2 Å². The molecule has 2 saturated heterocycles. The monoisotopic (exact) mass is 197 g/mol. The molecule has 1 spiro atoms. The Balaban J connectivity index is 1.98. The molecule has 0 aromatic carbocycles. The Morgan fingerprint density at radius 3 is 2.50 bits per heavy atom. The zero-order chi connectivity index (χ0) is 10.2. The van der Waals surface area contributed by atoms with Gasteiger partial charge in [0.1, 0.15) is 0 Å². The van der Waals surface area contributed by atoms with E-state index in [-0.39, 0.29) is 6.03 Å². The number of urea groups is 1. The van der Waals surface area contributed by atoms with Crippen LogP contribution in [0, 0.1) is 5.41 Å². The molecule has 2 fully saturated rings. The number of nitrogens with one attached hydrogen (secondary N) is 1. The van der Waals surface area contributed by atoms with Crippen LogP contribution >= 0.6 is 0 Å². The van der Waals surface area contributed by atoms with Gasteiger partial charge in [0.15, 0.2) is 0 Å². The molecule has 14 heavy (non-hydrogen) atoms. The van der Waals surface area contributed by atoms with Gasteiger partial charge in [-0.05, 0) is 38.1 Å². The number of amides is 2. The van der Waals surface area contributed by atoms with Crippen molar-refractivity contribution >= 4 is 6.03 Å². The zero-order valence-corrected chi connectivity index (χ0v) is 8.75. The number of hydrogen-bond donors (Lipinski definition) is 2. The van der Waals surface area contributed by atoms with E-state index < -0.39 is 0 Å². The number of carbonyl (C=O) groups is 1. The van der Waals surface area contributed by atoms with Crippen molar-refractivity contribution in [2.45, 2.75) is 32.2 Å². The molecular weight excluding hydrogens is 178 g/mol. The molecule has 4 nitrogen and oxygen atoms in total. The van der Waals surface area contributed by atoms with Gasteiger partial charge in [-0.25, -0.2) is 4.79 Å². The highest BCUT2D eigenvalue weighted by Crippen LogP contribution is 2.41. The van der Waals surface area contributed by atoms with Gasteiger partial charge in [-0.1, -0.05) is 0 Å². The van der Waals surface area contributed by atoms with Crippen LogP contribution < -0.4 is 11.1 Å². The summed E-state index contributed by atoms with van der Waals surface area (Å²) < 4.78 is 0. The van der Waals surface area contributed by atoms with Crippen LogP contribution in [0.4, 0.5) is 4.79 Å². The third-order valence-electron chi connectivity index (χ3n) is 4.06. The molecule has 2 aliphatic rings. The Morgan fingerprint density at radius 1 is 1.43 bits per heavy atom. The number of nitrogens with zero attached hydrogens (tertiary/aromatic N) is 1. The maximum atomic E-state index is 11.0. The molecule has 2 rings (SSSR count). The van der Waals surface area contributed by atoms with Crippen molar-refractivity contribution in [3.8, 4) is 0 Å². The molecule has 80 valence electrons. The van der Waals surface area contributed by atoms with Gasteiger partial charge in [0.05, 0.1) is 0 Å². The highest BCUT2D eigenvalue weighted by Gasteiger charge is 2.42. The first-order chi connectivity index (χ1) is 6.64. The summed E-state index contributed by atoms with van der Waals surface area (Å²) in [5.74, 6) is 0. The van der Waals surface area contributed by atoms with Crippen molar-refractivity contribution in [1.82, 2.24) is 10.2 Å². The number of nitrogens with two attached hydrogens (primary N) is 1. The van der Waals surface area contributed by atoms with Gasteiger partial charge in [0.25, 0.3) is 0 Å². The average molecular weight is 197 g/mol. The number of hydrogen-bond acceptors (Lipinski definition) is 2. The molecule has 0 aromatic rings. The lowest BCUT2D eigenvalue weighted by Crippen LogP contribution is -2.48. The number of rotatable bonds is 0. The second-order valence-electron chi connectivity index (χ2n) is 4.61. The van der Waals surface area contributed by atoms with E-state index in [1.165, 1.54) is 6.42 Å². The minimum atomic E-state index is -0.265. The van der Waals surface area contributed by atoms with Gasteiger partial charge in [-0.15, -0.1) is 0 Å². The largest absolute Gasteiger partial charge is 0.351 e. The summed E-state index contributed by atoms with van der Waals surface area (Å²) in [4.78, 5) is 12.7. The van der Waals surface area contributed by atoms with E-state index in [0.717, 1.165) is 32.5 Å². The zero-order valence-electron chi connectivity index (χ0n) is 8.75. The first kappa shape index (κ1) is 9.77. The summed E-state index contributed by atoms with van der Waals surface area (Å²) in [6.07, 6.45) is 3.45. The van der Waals surface area contributed by atoms with Crippen LogP contribution in [-0.4, -0.2) is 36.6 Å². The van der Waals surface area contributed by atoms with Crippen LogP contribution in [0.15, 0.2) is 0 Å². The Morgan fingerprint density at radius 2 is 2.07 bits per heavy atom. The third kappa shape index (κ3) is 1.47. The van der Waals surface area contributed by atoms with Crippen molar-refractivity contribution in [1.29, 1.82) is 0 Å². The molecule has 0 aromatic heterocycles. The molecule has 0 radical (unpaired) electrons. The minimum absolute atomic E-state index is 0.265. The molecule has 2 amide bonds. The summed E-state index contributed by atoms with van der Waals surface area (Å²) in [5, 5.41) is 3.49. The average Bonchev–Trinajstić information content (AvgIpc) is 2.49. The van der Waals surface area contributed by atoms with E-state index in [4.69, 9.17) is 5.73 Å². The molecule has 2 heterocycles. The standard InChI is InChI=1S/C10H19N3O/c1-8-10(2-5-12-8)3-6-13(7-4-10)9(11)14/h8,12H,2-7H2,1H3,(H2,11,14). The smallest absolute Gasteiger partial charge is 0.314 e. The first-order valence-corrected chi connectivity index (χ1v) is 5.42. The second kappa shape index (κ2) is 3.42. The lowest BCUT2D eigenvalue weighted by molar-refractivity contribution is 0.113. The fraction of sp³-hybridized carbons (Fsp3) is 0.900. The molecule has 4 heteroatoms. The number of piperidine rings is 1. The molecule has 0 saturated carbocycles. The van der Waals surface area contributed by atoms with E-state index in [2.05, 4.69) is 12.2 Å². The summed E-state index contributed by atoms with van der Waals surface area (Å²) in [5.41, 5.74) is 5.70. The normalized spacial score (nSPS) is 30.9. The number of likely N-dealkylation sites (tertiary alicyclic amines) is 1. The van der Waals surface area contributed by atoms with Crippen molar-refractivity contribution in [3.05, 3.63) is 0 Å². The van der Waals surface area contributed by atoms with Crippen molar-refractivity contribution in [2.24, 2.45) is 11.1 Å². The number of carbonyl (C=O) groups excluding carboxylic acids is 1. The lowest BCUT2D eigenvalue weighted by atomic mass is 9.73. The van der Waals surface area contributed by atoms with Gasteiger partial charge < -0.3 is 16.0 Å². The first-order valence-electron chi connectivity index (χ1n) is 5.42. The van der Waals surface area contributed by atoms with Crippen LogP contribution in [0.5, 0.6) is 0 Å². The fourth-order valence-corrected chi connectivity index (χ4v) is 2.83. The van der Waals surface area contributed by atoms with Crippen molar-refractivity contribution in [2.75, 3.05) is 19.6 Å². The lowest BCUT2D eigenvalue weighted by Gasteiger charge is -2.41. The van der Waals surface area contributed by atoms with Gasteiger partial charge in [0, 0.05) is 19.1 Å². The van der Waals surface area contributed by atoms with Crippen LogP contribution in [0.25, 0.3) is 0 Å². The summed E-state index contributed by atoms with van der Waals surface area (Å²) in [7, 11) is 0. The van der Waals surface area contributed by atoms with Gasteiger partial charge >= 0.3 is 6.03 Å². The van der Waals surface area contributed by atoms with E-state index in [9.17, 15) is 4.79 Å². The van der Waals surface area contributed by atoms with Crippen LogP contribution in [0.3, 0.4) is 0 Å². The molecule has 0 bridgehead atoms. The molecule has 1 unspecified atom stereocenters. The Bertz CT molecular complexity index is 234. The van der Waals surface area contributed by atoms with E-state index in [1.807, 2.05) is 0 Å². The maximum Gasteiger partial charge on any atom is 0.314 e. The number of primary amides is 1. The van der Waals surface area contributed by atoms with E-state index in [0.29, 0.717) is 11.5 Å². The Kier molecular flexibility index (Phi) is 2.39. The fourth-order valence-electron chi connectivity index (χ4n) is 2.83. The van der Waals surface area contributed by atoms with Gasteiger partial charge in [0.2, 0.25) is 0 Å². The summed E-state index contributed by atoms with van der Waals surface area (Å²) >= 11 is 0. The van der Waals surface area contributed by atoms with Crippen LogP contribution in [-0.2, 0) is 0 Å². The van der Waals surface area contributed by atoms with Crippen LogP contribution in [0.2, 0.25) is 0 Å². The minimum Gasteiger partial charge on any atom is -0.351 e. The third-order valence-corrected chi connectivity index (χ3v) is 4.06. The topological polar surface area (TPSA) is 58.4 Å². The van der Waals surface area contributed by atoms with Gasteiger partial charge in [-0.2, -0.15) is 0 Å². The van der Waals surface area contributed by atoms with Crippen molar-refractivity contribution < 1.29 is 4.79 Å². The highest BCUT2D eigenvalue weighted by molar-refractivity contribution is 5.72. The Labute approximate surface area is 84.8 Å².